The van der Waals surface area contributed by atoms with E-state index in [1.807, 2.05) is 18.2 Å². The van der Waals surface area contributed by atoms with Crippen LogP contribution in [-0.4, -0.2) is 9.97 Å². The zero-order valence-electron chi connectivity index (χ0n) is 11.7. The van der Waals surface area contributed by atoms with Gasteiger partial charge in [-0.3, -0.25) is 0 Å². The Bertz CT molecular complexity index is 697. The maximum atomic E-state index is 4.46. The lowest BCUT2D eigenvalue weighted by Gasteiger charge is -2.06. The number of benzene rings is 2. The van der Waals surface area contributed by atoms with E-state index in [1.54, 1.807) is 6.33 Å². The van der Waals surface area contributed by atoms with Gasteiger partial charge in [0, 0.05) is 10.9 Å². The van der Waals surface area contributed by atoms with Crippen LogP contribution in [0.3, 0.4) is 0 Å². The third-order valence-electron chi connectivity index (χ3n) is 3.59. The number of rotatable bonds is 4. The number of nitrogens with zero attached hydrogens (tertiary/aromatic N) is 2. The SMILES string of the molecule is CCCCc1ccc(-c2ncnc3ccccc23)cc1. The molecule has 0 aliphatic heterocycles. The van der Waals surface area contributed by atoms with Gasteiger partial charge in [0.2, 0.25) is 0 Å². The van der Waals surface area contributed by atoms with Crippen molar-refractivity contribution in [3.8, 4) is 11.3 Å². The minimum absolute atomic E-state index is 0.993. The van der Waals surface area contributed by atoms with Crippen LogP contribution in [-0.2, 0) is 6.42 Å². The van der Waals surface area contributed by atoms with Gasteiger partial charge >= 0.3 is 0 Å². The summed E-state index contributed by atoms with van der Waals surface area (Å²) in [6.07, 6.45) is 5.28. The van der Waals surface area contributed by atoms with E-state index in [1.165, 1.54) is 18.4 Å². The average molecular weight is 262 g/mol. The summed E-state index contributed by atoms with van der Waals surface area (Å²) in [5.41, 5.74) is 4.56. The van der Waals surface area contributed by atoms with Gasteiger partial charge in [0.25, 0.3) is 0 Å². The van der Waals surface area contributed by atoms with Gasteiger partial charge in [0.05, 0.1) is 11.2 Å². The van der Waals surface area contributed by atoms with Crippen LogP contribution in [0.1, 0.15) is 25.3 Å². The first-order chi connectivity index (χ1) is 9.88. The van der Waals surface area contributed by atoms with Crippen LogP contribution in [0.5, 0.6) is 0 Å². The van der Waals surface area contributed by atoms with Crippen molar-refractivity contribution in [3.63, 3.8) is 0 Å². The third-order valence-corrected chi connectivity index (χ3v) is 3.59. The standard InChI is InChI=1S/C18H18N2/c1-2-3-6-14-9-11-15(12-10-14)18-16-7-4-5-8-17(16)19-13-20-18/h4-5,7-13H,2-3,6H2,1H3. The fraction of sp³-hybridized carbons (Fsp3) is 0.222. The van der Waals surface area contributed by atoms with Crippen LogP contribution in [0.15, 0.2) is 54.9 Å². The first-order valence-electron chi connectivity index (χ1n) is 7.17. The van der Waals surface area contributed by atoms with E-state index in [2.05, 4.69) is 47.2 Å². The lowest BCUT2D eigenvalue weighted by molar-refractivity contribution is 0.795. The Morgan fingerprint density at radius 2 is 1.70 bits per heavy atom. The molecule has 100 valence electrons. The lowest BCUT2D eigenvalue weighted by atomic mass is 10.0. The molecular formula is C18H18N2. The fourth-order valence-corrected chi connectivity index (χ4v) is 2.45. The minimum Gasteiger partial charge on any atom is -0.236 e. The van der Waals surface area contributed by atoms with Gasteiger partial charge in [-0.15, -0.1) is 0 Å². The van der Waals surface area contributed by atoms with E-state index in [0.29, 0.717) is 0 Å². The minimum atomic E-state index is 0.993. The lowest BCUT2D eigenvalue weighted by Crippen LogP contribution is -1.90. The highest BCUT2D eigenvalue weighted by molar-refractivity contribution is 5.91. The van der Waals surface area contributed by atoms with Crippen LogP contribution < -0.4 is 0 Å². The first-order valence-corrected chi connectivity index (χ1v) is 7.17. The van der Waals surface area contributed by atoms with Crippen molar-refractivity contribution >= 4 is 10.9 Å². The highest BCUT2D eigenvalue weighted by atomic mass is 14.8. The van der Waals surface area contributed by atoms with Crippen LogP contribution in [0.25, 0.3) is 22.2 Å². The monoisotopic (exact) mass is 262 g/mol. The van der Waals surface area contributed by atoms with Gasteiger partial charge in [0.1, 0.15) is 6.33 Å². The third kappa shape index (κ3) is 2.55. The van der Waals surface area contributed by atoms with Gasteiger partial charge in [-0.05, 0) is 24.5 Å². The summed E-state index contributed by atoms with van der Waals surface area (Å²) < 4.78 is 0. The Hall–Kier alpha value is -2.22. The van der Waals surface area contributed by atoms with Crippen molar-refractivity contribution in [2.24, 2.45) is 0 Å². The Kier molecular flexibility index (Phi) is 3.73. The van der Waals surface area contributed by atoms with Crippen molar-refractivity contribution in [3.05, 3.63) is 60.4 Å². The largest absolute Gasteiger partial charge is 0.236 e. The topological polar surface area (TPSA) is 25.8 Å². The van der Waals surface area contributed by atoms with Crippen LogP contribution in [0, 0.1) is 0 Å². The highest BCUT2D eigenvalue weighted by Crippen LogP contribution is 2.25. The van der Waals surface area contributed by atoms with E-state index >= 15 is 0 Å². The molecule has 2 nitrogen and oxygen atoms in total. The molecule has 0 N–H and O–H groups in total. The van der Waals surface area contributed by atoms with Crippen molar-refractivity contribution in [1.29, 1.82) is 0 Å². The molecule has 0 radical (unpaired) electrons. The second kappa shape index (κ2) is 5.83. The summed E-state index contributed by atoms with van der Waals surface area (Å²) in [7, 11) is 0. The maximum Gasteiger partial charge on any atom is 0.116 e. The number of hydrogen-bond acceptors (Lipinski definition) is 2. The maximum absolute atomic E-state index is 4.46. The zero-order valence-corrected chi connectivity index (χ0v) is 11.7. The summed E-state index contributed by atoms with van der Waals surface area (Å²) in [5, 5.41) is 1.11. The molecule has 20 heavy (non-hydrogen) atoms. The summed E-state index contributed by atoms with van der Waals surface area (Å²) >= 11 is 0. The molecule has 0 aliphatic rings. The Morgan fingerprint density at radius 3 is 2.50 bits per heavy atom. The normalized spacial score (nSPS) is 10.8. The van der Waals surface area contributed by atoms with Gasteiger partial charge in [0.15, 0.2) is 0 Å². The molecule has 0 saturated heterocycles. The van der Waals surface area contributed by atoms with Crippen molar-refractivity contribution < 1.29 is 0 Å². The van der Waals surface area contributed by atoms with Gasteiger partial charge in [-0.25, -0.2) is 9.97 Å². The fourth-order valence-electron chi connectivity index (χ4n) is 2.45. The Labute approximate surface area is 119 Å². The highest BCUT2D eigenvalue weighted by Gasteiger charge is 2.05. The van der Waals surface area contributed by atoms with Gasteiger partial charge in [-0.1, -0.05) is 55.8 Å². The first kappa shape index (κ1) is 12.8. The number of aryl methyl sites for hydroxylation is 1. The molecule has 3 aromatic rings. The molecule has 1 heterocycles. The number of aromatic nitrogens is 2. The molecule has 1 aromatic heterocycles. The van der Waals surface area contributed by atoms with Crippen LogP contribution in [0.2, 0.25) is 0 Å². The molecule has 0 amide bonds. The molecule has 2 aromatic carbocycles. The molecule has 0 unspecified atom stereocenters. The summed E-state index contributed by atoms with van der Waals surface area (Å²) in [6.45, 7) is 2.22. The van der Waals surface area contributed by atoms with Crippen LogP contribution in [0.4, 0.5) is 0 Å². The van der Waals surface area contributed by atoms with E-state index in [9.17, 15) is 0 Å². The van der Waals surface area contributed by atoms with E-state index in [4.69, 9.17) is 0 Å². The molecule has 0 bridgehead atoms. The molecule has 0 aliphatic carbocycles. The quantitative estimate of drug-likeness (QED) is 0.684. The number of para-hydroxylation sites is 1. The predicted octanol–water partition coefficient (Wildman–Crippen LogP) is 4.64. The molecule has 0 saturated carbocycles. The molecule has 3 rings (SSSR count). The number of hydrogen-bond donors (Lipinski definition) is 0. The number of unbranched alkanes of at least 4 members (excludes halogenated alkanes) is 1. The van der Waals surface area contributed by atoms with Gasteiger partial charge < -0.3 is 0 Å². The van der Waals surface area contributed by atoms with Crippen molar-refractivity contribution in [1.82, 2.24) is 9.97 Å². The number of fused-ring (bicyclic) bond motifs is 1. The Balaban J connectivity index is 1.98. The smallest absolute Gasteiger partial charge is 0.116 e. The summed E-state index contributed by atoms with van der Waals surface area (Å²) in [5.74, 6) is 0. The molecule has 0 fully saturated rings. The Morgan fingerprint density at radius 1 is 0.900 bits per heavy atom. The summed E-state index contributed by atoms with van der Waals surface area (Å²) in [6, 6.07) is 16.9. The van der Waals surface area contributed by atoms with Crippen molar-refractivity contribution in [2.45, 2.75) is 26.2 Å². The van der Waals surface area contributed by atoms with E-state index in [0.717, 1.165) is 28.6 Å². The zero-order chi connectivity index (χ0) is 13.8. The van der Waals surface area contributed by atoms with Crippen LogP contribution >= 0.6 is 0 Å². The second-order valence-electron chi connectivity index (χ2n) is 5.04. The molecular weight excluding hydrogens is 244 g/mol. The van der Waals surface area contributed by atoms with Gasteiger partial charge in [-0.2, -0.15) is 0 Å². The summed E-state index contributed by atoms with van der Waals surface area (Å²) in [4.78, 5) is 8.77. The second-order valence-corrected chi connectivity index (χ2v) is 5.04. The molecule has 2 heteroatoms. The van der Waals surface area contributed by atoms with E-state index < -0.39 is 0 Å². The predicted molar refractivity (Wildman–Crippen MR) is 83.6 cm³/mol. The van der Waals surface area contributed by atoms with E-state index in [-0.39, 0.29) is 0 Å². The van der Waals surface area contributed by atoms with Crippen molar-refractivity contribution in [2.75, 3.05) is 0 Å². The average Bonchev–Trinajstić information content (AvgIpc) is 2.53. The molecule has 0 spiro atoms. The molecule has 0 atom stereocenters.